The van der Waals surface area contributed by atoms with Gasteiger partial charge in [-0.1, -0.05) is 32.0 Å². The summed E-state index contributed by atoms with van der Waals surface area (Å²) in [4.78, 5) is 24.7. The Labute approximate surface area is 135 Å². The van der Waals surface area contributed by atoms with Gasteiger partial charge in [0.05, 0.1) is 11.1 Å². The van der Waals surface area contributed by atoms with Crippen LogP contribution >= 0.6 is 0 Å². The molecule has 2 aromatic rings. The summed E-state index contributed by atoms with van der Waals surface area (Å²) < 4.78 is 1.20. The molecule has 0 fully saturated rings. The molecule has 2 rings (SSSR count). The fourth-order valence-electron chi connectivity index (χ4n) is 2.61. The summed E-state index contributed by atoms with van der Waals surface area (Å²) in [5.74, 6) is -0.0736. The molecule has 0 bridgehead atoms. The molecule has 1 aromatic heterocycles. The molecule has 1 heterocycles. The van der Waals surface area contributed by atoms with Crippen molar-refractivity contribution in [3.8, 4) is 0 Å². The summed E-state index contributed by atoms with van der Waals surface area (Å²) >= 11 is 0. The summed E-state index contributed by atoms with van der Waals surface area (Å²) in [6.45, 7) is 5.66. The number of fused-ring (bicyclic) bond motifs is 1. The number of aliphatic hydroxyl groups excluding tert-OH is 1. The molecule has 0 spiro atoms. The number of hydrogen-bond acceptors (Lipinski definition) is 4. The van der Waals surface area contributed by atoms with Crippen molar-refractivity contribution in [3.05, 3.63) is 40.3 Å². The summed E-state index contributed by atoms with van der Waals surface area (Å²) in [5, 5.41) is 17.5. The highest BCUT2D eigenvalue weighted by Crippen LogP contribution is 2.11. The lowest BCUT2D eigenvalue weighted by atomic mass is 10.0. The third kappa shape index (κ3) is 3.96. The molecule has 0 saturated carbocycles. The second kappa shape index (κ2) is 7.37. The van der Waals surface area contributed by atoms with E-state index in [4.69, 9.17) is 5.11 Å². The van der Waals surface area contributed by atoms with Gasteiger partial charge in [0.15, 0.2) is 0 Å². The SMILES string of the molecule is Cc1nn(CC(=O)NC(CCO)C(C)C)c(=O)c2ccccc12. The van der Waals surface area contributed by atoms with E-state index in [0.717, 1.165) is 5.39 Å². The van der Waals surface area contributed by atoms with Crippen LogP contribution in [0.2, 0.25) is 0 Å². The monoisotopic (exact) mass is 317 g/mol. The first-order chi connectivity index (χ1) is 10.9. The van der Waals surface area contributed by atoms with Gasteiger partial charge in [-0.25, -0.2) is 4.68 Å². The average molecular weight is 317 g/mol. The summed E-state index contributed by atoms with van der Waals surface area (Å²) in [5.41, 5.74) is 0.438. The van der Waals surface area contributed by atoms with Gasteiger partial charge in [-0.3, -0.25) is 9.59 Å². The Balaban J connectivity index is 2.23. The molecular weight excluding hydrogens is 294 g/mol. The standard InChI is InChI=1S/C17H23N3O3/c1-11(2)15(8-9-21)18-16(22)10-20-17(23)14-7-5-4-6-13(14)12(3)19-20/h4-7,11,15,21H,8-10H2,1-3H3,(H,18,22). The summed E-state index contributed by atoms with van der Waals surface area (Å²) in [6, 6.07) is 7.12. The maximum Gasteiger partial charge on any atom is 0.275 e. The Morgan fingerprint density at radius 3 is 2.57 bits per heavy atom. The zero-order valence-corrected chi connectivity index (χ0v) is 13.7. The van der Waals surface area contributed by atoms with E-state index in [0.29, 0.717) is 17.5 Å². The van der Waals surface area contributed by atoms with Crippen LogP contribution in [0.25, 0.3) is 10.8 Å². The molecule has 23 heavy (non-hydrogen) atoms. The predicted molar refractivity (Wildman–Crippen MR) is 89.2 cm³/mol. The zero-order valence-electron chi connectivity index (χ0n) is 13.7. The zero-order chi connectivity index (χ0) is 17.0. The molecule has 124 valence electrons. The van der Waals surface area contributed by atoms with E-state index < -0.39 is 0 Å². The largest absolute Gasteiger partial charge is 0.396 e. The minimum absolute atomic E-state index is 0.0103. The number of rotatable bonds is 6. The minimum Gasteiger partial charge on any atom is -0.396 e. The van der Waals surface area contributed by atoms with E-state index in [1.165, 1.54) is 4.68 Å². The molecular formula is C17H23N3O3. The van der Waals surface area contributed by atoms with Gasteiger partial charge in [0.2, 0.25) is 5.91 Å². The van der Waals surface area contributed by atoms with E-state index in [-0.39, 0.29) is 36.6 Å². The number of nitrogens with zero attached hydrogens (tertiary/aromatic N) is 2. The molecule has 2 N–H and O–H groups in total. The van der Waals surface area contributed by atoms with Gasteiger partial charge in [0.25, 0.3) is 5.56 Å². The van der Waals surface area contributed by atoms with Crippen LogP contribution in [0.3, 0.4) is 0 Å². The third-order valence-electron chi connectivity index (χ3n) is 3.94. The highest BCUT2D eigenvalue weighted by Gasteiger charge is 2.17. The maximum absolute atomic E-state index is 12.4. The van der Waals surface area contributed by atoms with Crippen molar-refractivity contribution in [2.75, 3.05) is 6.61 Å². The van der Waals surface area contributed by atoms with Crippen LogP contribution in [0, 0.1) is 12.8 Å². The Kier molecular flexibility index (Phi) is 5.50. The van der Waals surface area contributed by atoms with Crippen LogP contribution in [0.1, 0.15) is 26.0 Å². The molecule has 0 saturated heterocycles. The molecule has 1 atom stereocenters. The number of nitrogens with one attached hydrogen (secondary N) is 1. The van der Waals surface area contributed by atoms with E-state index >= 15 is 0 Å². The van der Waals surface area contributed by atoms with Crippen molar-refractivity contribution in [2.24, 2.45) is 5.92 Å². The molecule has 0 aliphatic heterocycles. The molecule has 6 heteroatoms. The Morgan fingerprint density at radius 2 is 1.96 bits per heavy atom. The second-order valence-corrected chi connectivity index (χ2v) is 6.02. The Bertz CT molecular complexity index is 752. The highest BCUT2D eigenvalue weighted by atomic mass is 16.3. The Hall–Kier alpha value is -2.21. The fourth-order valence-corrected chi connectivity index (χ4v) is 2.61. The molecule has 0 radical (unpaired) electrons. The summed E-state index contributed by atoms with van der Waals surface area (Å²) in [7, 11) is 0. The lowest BCUT2D eigenvalue weighted by Gasteiger charge is -2.21. The van der Waals surface area contributed by atoms with Crippen LogP contribution in [0.5, 0.6) is 0 Å². The summed E-state index contributed by atoms with van der Waals surface area (Å²) in [6.07, 6.45) is 0.489. The molecule has 1 amide bonds. The number of amides is 1. The van der Waals surface area contributed by atoms with Crippen molar-refractivity contribution in [2.45, 2.75) is 39.8 Å². The molecule has 0 aliphatic rings. The molecule has 1 unspecified atom stereocenters. The third-order valence-corrected chi connectivity index (χ3v) is 3.94. The number of carbonyl (C=O) groups excluding carboxylic acids is 1. The van der Waals surface area contributed by atoms with Crippen molar-refractivity contribution < 1.29 is 9.90 Å². The van der Waals surface area contributed by atoms with Gasteiger partial charge in [0, 0.05) is 18.0 Å². The lowest BCUT2D eigenvalue weighted by molar-refractivity contribution is -0.123. The van der Waals surface area contributed by atoms with Gasteiger partial charge in [-0.15, -0.1) is 0 Å². The number of aliphatic hydroxyl groups is 1. The fraction of sp³-hybridized carbons (Fsp3) is 0.471. The smallest absolute Gasteiger partial charge is 0.275 e. The van der Waals surface area contributed by atoms with Crippen molar-refractivity contribution in [1.82, 2.24) is 15.1 Å². The van der Waals surface area contributed by atoms with Crippen molar-refractivity contribution in [1.29, 1.82) is 0 Å². The Morgan fingerprint density at radius 1 is 1.30 bits per heavy atom. The first-order valence-corrected chi connectivity index (χ1v) is 7.80. The van der Waals surface area contributed by atoms with E-state index in [2.05, 4.69) is 10.4 Å². The van der Waals surface area contributed by atoms with Crippen LogP contribution < -0.4 is 10.9 Å². The van der Waals surface area contributed by atoms with Gasteiger partial charge in [0.1, 0.15) is 6.54 Å². The number of hydrogen-bond donors (Lipinski definition) is 2. The minimum atomic E-state index is -0.276. The van der Waals surface area contributed by atoms with Crippen LogP contribution in [0.4, 0.5) is 0 Å². The lowest BCUT2D eigenvalue weighted by Crippen LogP contribution is -2.42. The van der Waals surface area contributed by atoms with Crippen molar-refractivity contribution in [3.63, 3.8) is 0 Å². The van der Waals surface area contributed by atoms with Crippen molar-refractivity contribution >= 4 is 16.7 Å². The number of carbonyl (C=O) groups is 1. The second-order valence-electron chi connectivity index (χ2n) is 6.02. The number of benzene rings is 1. The first kappa shape index (κ1) is 17.1. The van der Waals surface area contributed by atoms with Gasteiger partial charge >= 0.3 is 0 Å². The maximum atomic E-state index is 12.4. The predicted octanol–water partition coefficient (Wildman–Crippen LogP) is 1.23. The average Bonchev–Trinajstić information content (AvgIpc) is 2.52. The molecule has 6 nitrogen and oxygen atoms in total. The topological polar surface area (TPSA) is 84.2 Å². The first-order valence-electron chi connectivity index (χ1n) is 7.80. The van der Waals surface area contributed by atoms with Crippen LogP contribution in [0.15, 0.2) is 29.1 Å². The number of aryl methyl sites for hydroxylation is 1. The van der Waals surface area contributed by atoms with Crippen LogP contribution in [-0.2, 0) is 11.3 Å². The van der Waals surface area contributed by atoms with Gasteiger partial charge in [-0.05, 0) is 25.3 Å². The molecule has 1 aromatic carbocycles. The van der Waals surface area contributed by atoms with Gasteiger partial charge in [-0.2, -0.15) is 5.10 Å². The normalized spacial score (nSPS) is 12.6. The quantitative estimate of drug-likeness (QED) is 0.839. The van der Waals surface area contributed by atoms with Gasteiger partial charge < -0.3 is 10.4 Å². The molecule has 0 aliphatic carbocycles. The van der Waals surface area contributed by atoms with E-state index in [1.54, 1.807) is 12.1 Å². The van der Waals surface area contributed by atoms with Crippen LogP contribution in [-0.4, -0.2) is 33.4 Å². The number of aromatic nitrogens is 2. The van der Waals surface area contributed by atoms with E-state index in [9.17, 15) is 9.59 Å². The van der Waals surface area contributed by atoms with E-state index in [1.807, 2.05) is 32.9 Å². The highest BCUT2D eigenvalue weighted by molar-refractivity contribution is 5.83.